The van der Waals surface area contributed by atoms with Crippen LogP contribution in [-0.2, 0) is 42.1 Å². The molecule has 4 rings (SSSR count). The Labute approximate surface area is 231 Å². The summed E-state index contributed by atoms with van der Waals surface area (Å²) in [5, 5.41) is 0. The maximum Gasteiger partial charge on any atom is 0.181 e. The number of Topliss-reactive ketones (excluding diaryl/α,β-unsaturated/α-hetero) is 1. The minimum absolute atomic E-state index is 0.185. The summed E-state index contributed by atoms with van der Waals surface area (Å²) in [7, 11) is -2.03. The molecule has 39 heavy (non-hydrogen) atoms. The molecule has 0 aromatic heterocycles. The lowest BCUT2D eigenvalue weighted by atomic mass is 9.97. The largest absolute Gasteiger partial charge is 0.497 e. The van der Waals surface area contributed by atoms with Gasteiger partial charge >= 0.3 is 0 Å². The number of sulfone groups is 1. The number of ether oxygens (including phenoxy) is 4. The minimum Gasteiger partial charge on any atom is -0.497 e. The summed E-state index contributed by atoms with van der Waals surface area (Å²) in [5.41, 5.74) is 2.10. The Bertz CT molecular complexity index is 1260. The number of ketones is 1. The second kappa shape index (κ2) is 14.4. The molecule has 1 heterocycles. The van der Waals surface area contributed by atoms with Gasteiger partial charge in [-0.15, -0.1) is 0 Å². The van der Waals surface area contributed by atoms with Crippen molar-refractivity contribution in [2.24, 2.45) is 0 Å². The number of hydrogen-bond donors (Lipinski definition) is 0. The molecular weight excluding hydrogens is 516 g/mol. The topological polar surface area (TPSA) is 88.1 Å². The molecule has 1 aliphatic rings. The molecule has 0 N–H and O–H groups in total. The molecule has 3 aromatic rings. The zero-order chi connectivity index (χ0) is 27.5. The van der Waals surface area contributed by atoms with Crippen LogP contribution in [0.3, 0.4) is 0 Å². The number of hydrogen-bond acceptors (Lipinski definition) is 7. The van der Waals surface area contributed by atoms with Crippen molar-refractivity contribution in [3.8, 4) is 5.75 Å². The van der Waals surface area contributed by atoms with Gasteiger partial charge in [0.25, 0.3) is 0 Å². The standard InChI is InChI=1S/C31H36O7S/c1-35-26-16-14-25(15-17-26)21-36-20-8-13-29(37-22-24-9-4-2-5-10-24)30-19-18-28(32)31(38-30)23-39(33,34)27-11-6-3-7-12-27/h2-7,9-12,14-17,29-31H,8,13,18-23H2,1H3/t29-,30-,31-/m0/s1. The smallest absolute Gasteiger partial charge is 0.181 e. The maximum absolute atomic E-state index is 12.9. The molecule has 8 heteroatoms. The van der Waals surface area contributed by atoms with Crippen LogP contribution in [0.15, 0.2) is 89.8 Å². The normalized spacial score (nSPS) is 18.5. The summed E-state index contributed by atoms with van der Waals surface area (Å²) < 4.78 is 49.4. The Morgan fingerprint density at radius 2 is 1.56 bits per heavy atom. The van der Waals surface area contributed by atoms with E-state index in [1.54, 1.807) is 25.3 Å². The highest BCUT2D eigenvalue weighted by Gasteiger charge is 2.37. The van der Waals surface area contributed by atoms with Crippen molar-refractivity contribution in [3.05, 3.63) is 96.1 Å². The van der Waals surface area contributed by atoms with Gasteiger partial charge in [-0.05, 0) is 54.7 Å². The van der Waals surface area contributed by atoms with Gasteiger partial charge in [-0.1, -0.05) is 60.7 Å². The molecule has 0 radical (unpaired) electrons. The van der Waals surface area contributed by atoms with Crippen molar-refractivity contribution in [2.75, 3.05) is 19.5 Å². The van der Waals surface area contributed by atoms with E-state index in [0.29, 0.717) is 32.7 Å². The quantitative estimate of drug-likeness (QED) is 0.255. The minimum atomic E-state index is -3.67. The van der Waals surface area contributed by atoms with Gasteiger partial charge in [-0.2, -0.15) is 0 Å². The first-order chi connectivity index (χ1) is 18.9. The number of rotatable bonds is 14. The van der Waals surface area contributed by atoms with E-state index in [1.807, 2.05) is 54.6 Å². The Balaban J connectivity index is 1.35. The van der Waals surface area contributed by atoms with Gasteiger partial charge < -0.3 is 18.9 Å². The first-order valence-corrected chi connectivity index (χ1v) is 14.9. The second-order valence-electron chi connectivity index (χ2n) is 9.64. The fourth-order valence-corrected chi connectivity index (χ4v) is 6.01. The molecule has 0 saturated carbocycles. The molecule has 1 saturated heterocycles. The highest BCUT2D eigenvalue weighted by Crippen LogP contribution is 2.26. The molecule has 0 bridgehead atoms. The predicted molar refractivity (Wildman–Crippen MR) is 148 cm³/mol. The fraction of sp³-hybridized carbons (Fsp3) is 0.387. The van der Waals surface area contributed by atoms with Gasteiger partial charge in [0.2, 0.25) is 0 Å². The van der Waals surface area contributed by atoms with Crippen molar-refractivity contribution in [1.29, 1.82) is 0 Å². The molecule has 0 amide bonds. The molecule has 0 unspecified atom stereocenters. The van der Waals surface area contributed by atoms with E-state index >= 15 is 0 Å². The Hall–Kier alpha value is -3.04. The Morgan fingerprint density at radius 3 is 2.26 bits per heavy atom. The van der Waals surface area contributed by atoms with Crippen molar-refractivity contribution >= 4 is 15.6 Å². The van der Waals surface area contributed by atoms with Gasteiger partial charge in [0, 0.05) is 13.0 Å². The van der Waals surface area contributed by atoms with Crippen molar-refractivity contribution < 1.29 is 32.2 Å². The van der Waals surface area contributed by atoms with Gasteiger partial charge in [-0.25, -0.2) is 8.42 Å². The van der Waals surface area contributed by atoms with E-state index in [1.165, 1.54) is 12.1 Å². The van der Waals surface area contributed by atoms with Crippen molar-refractivity contribution in [3.63, 3.8) is 0 Å². The van der Waals surface area contributed by atoms with Crippen LogP contribution < -0.4 is 4.74 Å². The summed E-state index contributed by atoms with van der Waals surface area (Å²) in [6, 6.07) is 25.8. The van der Waals surface area contributed by atoms with Crippen LogP contribution in [0.4, 0.5) is 0 Å². The van der Waals surface area contributed by atoms with E-state index in [0.717, 1.165) is 23.3 Å². The highest BCUT2D eigenvalue weighted by atomic mass is 32.2. The van der Waals surface area contributed by atoms with E-state index in [2.05, 4.69) is 0 Å². The van der Waals surface area contributed by atoms with Crippen molar-refractivity contribution in [1.82, 2.24) is 0 Å². The molecule has 3 aromatic carbocycles. The van der Waals surface area contributed by atoms with Gasteiger partial charge in [0.05, 0.1) is 43.2 Å². The Morgan fingerprint density at radius 1 is 0.897 bits per heavy atom. The first-order valence-electron chi connectivity index (χ1n) is 13.3. The molecule has 0 aliphatic carbocycles. The van der Waals surface area contributed by atoms with Gasteiger partial charge in [0.1, 0.15) is 11.9 Å². The molecule has 208 valence electrons. The van der Waals surface area contributed by atoms with Gasteiger partial charge in [-0.3, -0.25) is 4.79 Å². The average molecular weight is 553 g/mol. The predicted octanol–water partition coefficient (Wildman–Crippen LogP) is 5.17. The van der Waals surface area contributed by atoms with Gasteiger partial charge in [0.15, 0.2) is 15.6 Å². The summed E-state index contributed by atoms with van der Waals surface area (Å²) in [6.07, 6.45) is 0.450. The average Bonchev–Trinajstić information content (AvgIpc) is 2.97. The lowest BCUT2D eigenvalue weighted by Crippen LogP contribution is -2.45. The third-order valence-electron chi connectivity index (χ3n) is 6.77. The van der Waals surface area contributed by atoms with E-state index < -0.39 is 15.9 Å². The van der Waals surface area contributed by atoms with Crippen LogP contribution in [0.2, 0.25) is 0 Å². The maximum atomic E-state index is 12.9. The monoisotopic (exact) mass is 552 g/mol. The number of benzene rings is 3. The van der Waals surface area contributed by atoms with Crippen LogP contribution in [0.5, 0.6) is 5.75 Å². The number of carbonyl (C=O) groups excluding carboxylic acids is 1. The molecule has 0 spiro atoms. The zero-order valence-electron chi connectivity index (χ0n) is 22.2. The number of methoxy groups -OCH3 is 1. The number of carbonyl (C=O) groups is 1. The van der Waals surface area contributed by atoms with E-state index in [-0.39, 0.29) is 35.1 Å². The van der Waals surface area contributed by atoms with Crippen LogP contribution in [0, 0.1) is 0 Å². The summed E-state index contributed by atoms with van der Waals surface area (Å²) >= 11 is 0. The van der Waals surface area contributed by atoms with E-state index in [9.17, 15) is 13.2 Å². The van der Waals surface area contributed by atoms with Crippen LogP contribution >= 0.6 is 0 Å². The molecule has 1 fully saturated rings. The SMILES string of the molecule is COc1ccc(COCCC[C@H](OCc2ccccc2)[C@@H]2CCC(=O)[C@H](CS(=O)(=O)c3ccccc3)O2)cc1. The lowest BCUT2D eigenvalue weighted by Gasteiger charge is -2.34. The lowest BCUT2D eigenvalue weighted by molar-refractivity contribution is -0.155. The van der Waals surface area contributed by atoms with Crippen LogP contribution in [0.1, 0.15) is 36.8 Å². The molecule has 7 nitrogen and oxygen atoms in total. The third-order valence-corrected chi connectivity index (χ3v) is 8.51. The molecule has 1 aliphatic heterocycles. The third kappa shape index (κ3) is 8.73. The van der Waals surface area contributed by atoms with Crippen LogP contribution in [-0.4, -0.2) is 52.0 Å². The Kier molecular flexibility index (Phi) is 10.7. The summed E-state index contributed by atoms with van der Waals surface area (Å²) in [6.45, 7) is 1.43. The van der Waals surface area contributed by atoms with Crippen molar-refractivity contribution in [2.45, 2.75) is 62.1 Å². The fourth-order valence-electron chi connectivity index (χ4n) is 4.58. The summed E-state index contributed by atoms with van der Waals surface area (Å²) in [4.78, 5) is 12.9. The van der Waals surface area contributed by atoms with Crippen LogP contribution in [0.25, 0.3) is 0 Å². The zero-order valence-corrected chi connectivity index (χ0v) is 23.1. The first kappa shape index (κ1) is 29.0. The highest BCUT2D eigenvalue weighted by molar-refractivity contribution is 7.91. The molecule has 3 atom stereocenters. The summed E-state index contributed by atoms with van der Waals surface area (Å²) in [5.74, 6) is 0.247. The molecular formula is C31H36O7S. The second-order valence-corrected chi connectivity index (χ2v) is 11.7. The van der Waals surface area contributed by atoms with E-state index in [4.69, 9.17) is 18.9 Å².